The van der Waals surface area contributed by atoms with Gasteiger partial charge in [-0.1, -0.05) is 18.2 Å². The Labute approximate surface area is 74.7 Å². The molecule has 0 spiro atoms. The van der Waals surface area contributed by atoms with E-state index in [4.69, 9.17) is 0 Å². The lowest BCUT2D eigenvalue weighted by Crippen LogP contribution is -1.97. The van der Waals surface area contributed by atoms with E-state index in [2.05, 4.69) is 24.3 Å². The van der Waals surface area contributed by atoms with Crippen molar-refractivity contribution in [3.63, 3.8) is 0 Å². The van der Waals surface area contributed by atoms with Crippen molar-refractivity contribution in [1.29, 1.82) is 0 Å². The fourth-order valence-electron chi connectivity index (χ4n) is 1.90. The zero-order chi connectivity index (χ0) is 8.23. The fourth-order valence-corrected chi connectivity index (χ4v) is 1.90. The molecule has 0 saturated heterocycles. The van der Waals surface area contributed by atoms with Gasteiger partial charge in [0.25, 0.3) is 0 Å². The molecule has 2 rings (SSSR count). The van der Waals surface area contributed by atoms with Crippen LogP contribution in [0.5, 0.6) is 0 Å². The maximum atomic E-state index is 3.45. The Morgan fingerprint density at radius 3 is 2.83 bits per heavy atom. The largest absolute Gasteiger partial charge is 0.0838 e. The van der Waals surface area contributed by atoms with E-state index in [-0.39, 0.29) is 0 Å². The smallest absolute Gasteiger partial charge is 0.00914 e. The molecule has 0 unspecified atom stereocenters. The molecule has 0 N–H and O–H groups in total. The van der Waals surface area contributed by atoms with Crippen LogP contribution >= 0.6 is 0 Å². The van der Waals surface area contributed by atoms with Gasteiger partial charge >= 0.3 is 0 Å². The van der Waals surface area contributed by atoms with Crippen LogP contribution in [-0.2, 0) is 0 Å². The van der Waals surface area contributed by atoms with Gasteiger partial charge in [-0.3, -0.25) is 0 Å². The average Bonchev–Trinajstić information content (AvgIpc) is 2.21. The third kappa shape index (κ3) is 1.69. The Morgan fingerprint density at radius 1 is 1.17 bits per heavy atom. The Kier molecular flexibility index (Phi) is 2.45. The van der Waals surface area contributed by atoms with Crippen LogP contribution in [-0.4, -0.2) is 0 Å². The number of allylic oxidation sites excluding steroid dienone is 6. The van der Waals surface area contributed by atoms with Crippen molar-refractivity contribution in [3.8, 4) is 0 Å². The van der Waals surface area contributed by atoms with Gasteiger partial charge in [0.2, 0.25) is 0 Å². The van der Waals surface area contributed by atoms with Gasteiger partial charge in [0.1, 0.15) is 0 Å². The first-order valence-electron chi connectivity index (χ1n) is 4.91. The van der Waals surface area contributed by atoms with Gasteiger partial charge in [0.05, 0.1) is 0 Å². The van der Waals surface area contributed by atoms with E-state index in [0.717, 1.165) is 12.8 Å². The van der Waals surface area contributed by atoms with Gasteiger partial charge in [0.15, 0.2) is 0 Å². The molecular weight excluding hydrogens is 144 g/mol. The summed E-state index contributed by atoms with van der Waals surface area (Å²) in [6.07, 6.45) is 17.8. The van der Waals surface area contributed by atoms with E-state index in [0.29, 0.717) is 0 Å². The third-order valence-electron chi connectivity index (χ3n) is 2.60. The van der Waals surface area contributed by atoms with Gasteiger partial charge in [-0.25, -0.2) is 0 Å². The molecule has 2 aliphatic carbocycles. The molecule has 2 aliphatic rings. The molecule has 0 heterocycles. The predicted octanol–water partition coefficient (Wildman–Crippen LogP) is 3.57. The van der Waals surface area contributed by atoms with Crippen molar-refractivity contribution in [2.75, 3.05) is 0 Å². The Bertz CT molecular complexity index is 235. The maximum absolute atomic E-state index is 3.45. The summed E-state index contributed by atoms with van der Waals surface area (Å²) >= 11 is 0. The van der Waals surface area contributed by atoms with Crippen LogP contribution in [0.3, 0.4) is 0 Å². The van der Waals surface area contributed by atoms with Gasteiger partial charge in [-0.15, -0.1) is 0 Å². The van der Waals surface area contributed by atoms with Crippen molar-refractivity contribution in [2.24, 2.45) is 0 Å². The van der Waals surface area contributed by atoms with E-state index < -0.39 is 0 Å². The first-order chi connectivity index (χ1) is 5.97. The van der Waals surface area contributed by atoms with Gasteiger partial charge in [-0.05, 0) is 55.7 Å². The van der Waals surface area contributed by atoms with Crippen molar-refractivity contribution < 1.29 is 0 Å². The lowest BCUT2D eigenvalue weighted by Gasteiger charge is -2.16. The van der Waals surface area contributed by atoms with Crippen LogP contribution < -0.4 is 0 Å². The molecule has 0 aromatic rings. The van der Waals surface area contributed by atoms with Crippen LogP contribution in [0.2, 0.25) is 0 Å². The molecule has 0 saturated carbocycles. The minimum absolute atomic E-state index is 1.02. The van der Waals surface area contributed by atoms with Crippen LogP contribution in [0.4, 0.5) is 0 Å². The van der Waals surface area contributed by atoms with E-state index in [1.54, 1.807) is 5.57 Å². The summed E-state index contributed by atoms with van der Waals surface area (Å²) in [4.78, 5) is 0. The predicted molar refractivity (Wildman–Crippen MR) is 51.7 cm³/mol. The monoisotopic (exact) mass is 159 g/mol. The molecule has 63 valence electrons. The minimum atomic E-state index is 1.02. The average molecular weight is 159 g/mol. The second-order valence-electron chi connectivity index (χ2n) is 3.51. The molecule has 0 aromatic carbocycles. The molecule has 0 heteroatoms. The fraction of sp³-hybridized carbons (Fsp3) is 0.500. The third-order valence-corrected chi connectivity index (χ3v) is 2.60. The number of rotatable bonds is 1. The molecule has 0 fully saturated rings. The van der Waals surface area contributed by atoms with Crippen LogP contribution in [0.25, 0.3) is 0 Å². The lowest BCUT2D eigenvalue weighted by molar-refractivity contribution is 0.701. The van der Waals surface area contributed by atoms with Gasteiger partial charge in [-0.2, -0.15) is 0 Å². The summed E-state index contributed by atoms with van der Waals surface area (Å²) < 4.78 is 0. The molecule has 0 bridgehead atoms. The standard InChI is InChI=1S/C12H15/c1-3-7-11(8-4-1)12-9-5-2-6-10-12/h1,3,9H,2,4-7,10H2. The molecule has 0 aliphatic heterocycles. The van der Waals surface area contributed by atoms with E-state index >= 15 is 0 Å². The molecule has 0 atom stereocenters. The lowest BCUT2D eigenvalue weighted by atomic mass is 9.90. The SMILES string of the molecule is [C]1=C(C2=CCCCC2)CC=CC1. The van der Waals surface area contributed by atoms with Crippen LogP contribution in [0.15, 0.2) is 29.4 Å². The Balaban J connectivity index is 2.07. The normalized spacial score (nSPS) is 23.3. The van der Waals surface area contributed by atoms with E-state index in [1.165, 1.54) is 31.3 Å². The molecule has 1 radical (unpaired) electrons. The van der Waals surface area contributed by atoms with Gasteiger partial charge in [0, 0.05) is 0 Å². The second kappa shape index (κ2) is 3.75. The summed E-state index contributed by atoms with van der Waals surface area (Å²) in [5, 5.41) is 0. The minimum Gasteiger partial charge on any atom is -0.0838 e. The van der Waals surface area contributed by atoms with Crippen LogP contribution in [0.1, 0.15) is 38.5 Å². The molecule has 12 heavy (non-hydrogen) atoms. The van der Waals surface area contributed by atoms with Crippen LogP contribution in [0, 0.1) is 6.08 Å². The Morgan fingerprint density at radius 2 is 2.17 bits per heavy atom. The number of hydrogen-bond acceptors (Lipinski definition) is 0. The van der Waals surface area contributed by atoms with E-state index in [9.17, 15) is 0 Å². The molecule has 0 nitrogen and oxygen atoms in total. The zero-order valence-corrected chi connectivity index (χ0v) is 7.47. The highest BCUT2D eigenvalue weighted by atomic mass is 14.1. The highest BCUT2D eigenvalue weighted by Crippen LogP contribution is 2.27. The Hall–Kier alpha value is -0.780. The van der Waals surface area contributed by atoms with Crippen molar-refractivity contribution >= 4 is 0 Å². The van der Waals surface area contributed by atoms with Gasteiger partial charge < -0.3 is 0 Å². The van der Waals surface area contributed by atoms with Crippen molar-refractivity contribution in [3.05, 3.63) is 35.5 Å². The maximum Gasteiger partial charge on any atom is -0.00914 e. The summed E-state index contributed by atoms with van der Waals surface area (Å²) in [7, 11) is 0. The quantitative estimate of drug-likeness (QED) is 0.513. The topological polar surface area (TPSA) is 0 Å². The summed E-state index contributed by atoms with van der Waals surface area (Å²) in [6, 6.07) is 0. The highest BCUT2D eigenvalue weighted by molar-refractivity contribution is 5.33. The van der Waals surface area contributed by atoms with E-state index in [1.807, 2.05) is 0 Å². The molecule has 0 aromatic heterocycles. The molecular formula is C12H15. The summed E-state index contributed by atoms with van der Waals surface area (Å²) in [5.74, 6) is 0. The molecule has 0 amide bonds. The van der Waals surface area contributed by atoms with Crippen molar-refractivity contribution in [2.45, 2.75) is 38.5 Å². The first-order valence-corrected chi connectivity index (χ1v) is 4.91. The second-order valence-corrected chi connectivity index (χ2v) is 3.51. The van der Waals surface area contributed by atoms with Crippen molar-refractivity contribution in [1.82, 2.24) is 0 Å². The number of hydrogen-bond donors (Lipinski definition) is 0. The summed E-state index contributed by atoms with van der Waals surface area (Å²) in [5.41, 5.74) is 3.04. The summed E-state index contributed by atoms with van der Waals surface area (Å²) in [6.45, 7) is 0. The highest BCUT2D eigenvalue weighted by Gasteiger charge is 2.08. The zero-order valence-electron chi connectivity index (χ0n) is 7.47. The first kappa shape index (κ1) is 7.85.